The summed E-state index contributed by atoms with van der Waals surface area (Å²) in [4.78, 5) is 23.1. The van der Waals surface area contributed by atoms with E-state index in [0.717, 1.165) is 11.1 Å². The molecule has 0 aliphatic carbocycles. The van der Waals surface area contributed by atoms with Crippen LogP contribution in [0.15, 0.2) is 48.5 Å². The fourth-order valence-corrected chi connectivity index (χ4v) is 3.18. The van der Waals surface area contributed by atoms with Crippen LogP contribution in [0.5, 0.6) is 5.75 Å². The molecule has 0 saturated carbocycles. The Morgan fingerprint density at radius 2 is 1.66 bits per heavy atom. The lowest BCUT2D eigenvalue weighted by atomic mass is 10.0. The molecule has 7 heteroatoms. The number of rotatable bonds is 11. The Morgan fingerprint density at radius 3 is 2.28 bits per heavy atom. The zero-order chi connectivity index (χ0) is 21.4. The Balaban J connectivity index is 2.05. The number of ether oxygens (including phenoxy) is 1. The van der Waals surface area contributed by atoms with E-state index in [1.807, 2.05) is 32.0 Å². The molecule has 0 fully saturated rings. The summed E-state index contributed by atoms with van der Waals surface area (Å²) in [5.74, 6) is -1.42. The Hall–Kier alpha value is -2.57. The molecule has 29 heavy (non-hydrogen) atoms. The molecule has 0 aromatic heterocycles. The van der Waals surface area contributed by atoms with Crippen molar-refractivity contribution in [3.8, 4) is 5.75 Å². The minimum Gasteiger partial charge on any atom is -0.489 e. The number of carboxylic acids is 2. The number of nitrogens with one attached hydrogen (secondary N) is 1. The third-order valence-electron chi connectivity index (χ3n) is 4.34. The number of hydrogen-bond donors (Lipinski definition) is 3. The van der Waals surface area contributed by atoms with Gasteiger partial charge >= 0.3 is 11.9 Å². The van der Waals surface area contributed by atoms with Crippen molar-refractivity contribution in [2.45, 2.75) is 45.4 Å². The third kappa shape index (κ3) is 7.75. The quantitative estimate of drug-likeness (QED) is 0.509. The lowest BCUT2D eigenvalue weighted by molar-refractivity contribution is -0.142. The molecule has 0 unspecified atom stereocenters. The lowest BCUT2D eigenvalue weighted by Gasteiger charge is -2.22. The number of carbonyl (C=O) groups is 2. The average Bonchev–Trinajstić information content (AvgIpc) is 2.65. The highest BCUT2D eigenvalue weighted by atomic mass is 35.5. The van der Waals surface area contributed by atoms with Crippen LogP contribution in [0.1, 0.15) is 31.4 Å². The van der Waals surface area contributed by atoms with Crippen LogP contribution in [0.25, 0.3) is 0 Å². The number of halogens is 1. The van der Waals surface area contributed by atoms with Gasteiger partial charge in [-0.3, -0.25) is 14.9 Å². The molecule has 6 nitrogen and oxygen atoms in total. The number of carboxylic acid groups (broad SMARTS) is 2. The Labute approximate surface area is 175 Å². The second kappa shape index (κ2) is 10.8. The molecular formula is C22H26ClNO5. The van der Waals surface area contributed by atoms with Crippen molar-refractivity contribution in [3.63, 3.8) is 0 Å². The highest BCUT2D eigenvalue weighted by Crippen LogP contribution is 2.18. The van der Waals surface area contributed by atoms with Gasteiger partial charge in [0.1, 0.15) is 24.4 Å². The molecule has 2 aromatic carbocycles. The van der Waals surface area contributed by atoms with E-state index in [1.165, 1.54) is 0 Å². The second-order valence-electron chi connectivity index (χ2n) is 7.35. The standard InChI is InChI=1S/C22H26ClNO5/c1-14(2)9-19(21(25)26)24-20(22(27)28)12-15-5-4-8-18(11-15)29-13-16-6-3-7-17(23)10-16/h3-8,10-11,14,19-20,24H,9,12-13H2,1-2H3,(H,25,26)(H,27,28)/t19-,20-/m0/s1. The molecular weight excluding hydrogens is 394 g/mol. The van der Waals surface area contributed by atoms with E-state index in [2.05, 4.69) is 5.32 Å². The highest BCUT2D eigenvalue weighted by Gasteiger charge is 2.26. The van der Waals surface area contributed by atoms with Crippen LogP contribution in [0.4, 0.5) is 0 Å². The van der Waals surface area contributed by atoms with E-state index < -0.39 is 24.0 Å². The first-order valence-corrected chi connectivity index (χ1v) is 9.80. The summed E-state index contributed by atoms with van der Waals surface area (Å²) in [6, 6.07) is 12.5. The normalized spacial score (nSPS) is 13.1. The number of benzene rings is 2. The van der Waals surface area contributed by atoms with E-state index in [4.69, 9.17) is 16.3 Å². The van der Waals surface area contributed by atoms with Crippen LogP contribution in [0.2, 0.25) is 5.02 Å². The summed E-state index contributed by atoms with van der Waals surface area (Å²) in [6.45, 7) is 4.13. The Morgan fingerprint density at radius 1 is 1.00 bits per heavy atom. The van der Waals surface area contributed by atoms with Gasteiger partial charge in [0.2, 0.25) is 0 Å². The molecule has 0 amide bonds. The van der Waals surface area contributed by atoms with Crippen molar-refractivity contribution in [3.05, 3.63) is 64.7 Å². The maximum absolute atomic E-state index is 11.7. The predicted molar refractivity (Wildman–Crippen MR) is 111 cm³/mol. The van der Waals surface area contributed by atoms with Gasteiger partial charge in [-0.2, -0.15) is 0 Å². The molecule has 0 bridgehead atoms. The predicted octanol–water partition coefficient (Wildman–Crippen LogP) is 4.00. The SMILES string of the molecule is CC(C)C[C@H](N[C@@H](Cc1cccc(OCc2cccc(Cl)c2)c1)C(=O)O)C(=O)O. The Bertz CT molecular complexity index is 839. The van der Waals surface area contributed by atoms with Crippen molar-refractivity contribution in [1.29, 1.82) is 0 Å². The largest absolute Gasteiger partial charge is 0.489 e. The van der Waals surface area contributed by atoms with Crippen LogP contribution < -0.4 is 10.1 Å². The van der Waals surface area contributed by atoms with E-state index in [0.29, 0.717) is 23.8 Å². The van der Waals surface area contributed by atoms with Gasteiger partial charge in [-0.05, 0) is 54.2 Å². The molecule has 156 valence electrons. The first kappa shape index (κ1) is 22.7. The van der Waals surface area contributed by atoms with Gasteiger partial charge in [0.05, 0.1) is 0 Å². The minimum absolute atomic E-state index is 0.126. The van der Waals surface area contributed by atoms with Crippen molar-refractivity contribution >= 4 is 23.5 Å². The van der Waals surface area contributed by atoms with Crippen LogP contribution in [0, 0.1) is 5.92 Å². The van der Waals surface area contributed by atoms with Crippen LogP contribution in [-0.2, 0) is 22.6 Å². The van der Waals surface area contributed by atoms with Crippen LogP contribution >= 0.6 is 11.6 Å². The van der Waals surface area contributed by atoms with Crippen molar-refractivity contribution < 1.29 is 24.5 Å². The van der Waals surface area contributed by atoms with Gasteiger partial charge in [-0.25, -0.2) is 0 Å². The first-order valence-electron chi connectivity index (χ1n) is 9.42. The molecule has 2 atom stereocenters. The monoisotopic (exact) mass is 419 g/mol. The average molecular weight is 420 g/mol. The maximum Gasteiger partial charge on any atom is 0.321 e. The molecule has 0 aliphatic heterocycles. The van der Waals surface area contributed by atoms with Crippen LogP contribution in [-0.4, -0.2) is 34.2 Å². The Kier molecular flexibility index (Phi) is 8.49. The third-order valence-corrected chi connectivity index (χ3v) is 4.57. The van der Waals surface area contributed by atoms with Crippen molar-refractivity contribution in [2.24, 2.45) is 5.92 Å². The smallest absolute Gasteiger partial charge is 0.321 e. The van der Waals surface area contributed by atoms with Gasteiger partial charge in [-0.15, -0.1) is 0 Å². The maximum atomic E-state index is 11.7. The van der Waals surface area contributed by atoms with Gasteiger partial charge in [0, 0.05) is 5.02 Å². The summed E-state index contributed by atoms with van der Waals surface area (Å²) in [5, 5.41) is 22.3. The van der Waals surface area contributed by atoms with E-state index in [-0.39, 0.29) is 12.3 Å². The number of hydrogen-bond acceptors (Lipinski definition) is 4. The molecule has 0 aliphatic rings. The zero-order valence-electron chi connectivity index (χ0n) is 16.5. The van der Waals surface area contributed by atoms with Gasteiger partial charge in [-0.1, -0.05) is 49.7 Å². The molecule has 0 radical (unpaired) electrons. The summed E-state index contributed by atoms with van der Waals surface area (Å²) in [5.41, 5.74) is 1.66. The van der Waals surface area contributed by atoms with E-state index in [1.54, 1.807) is 30.3 Å². The van der Waals surface area contributed by atoms with E-state index in [9.17, 15) is 19.8 Å². The molecule has 2 rings (SSSR count). The number of aliphatic carboxylic acids is 2. The molecule has 0 heterocycles. The van der Waals surface area contributed by atoms with E-state index >= 15 is 0 Å². The molecule has 2 aromatic rings. The first-order chi connectivity index (χ1) is 13.7. The van der Waals surface area contributed by atoms with Gasteiger partial charge < -0.3 is 14.9 Å². The summed E-state index contributed by atoms with van der Waals surface area (Å²) >= 11 is 5.97. The fraction of sp³-hybridized carbons (Fsp3) is 0.364. The molecule has 0 saturated heterocycles. The van der Waals surface area contributed by atoms with Gasteiger partial charge in [0.25, 0.3) is 0 Å². The fourth-order valence-electron chi connectivity index (χ4n) is 2.96. The molecule has 3 N–H and O–H groups in total. The van der Waals surface area contributed by atoms with Crippen molar-refractivity contribution in [1.82, 2.24) is 5.32 Å². The highest BCUT2D eigenvalue weighted by molar-refractivity contribution is 6.30. The second-order valence-corrected chi connectivity index (χ2v) is 7.78. The minimum atomic E-state index is -1.09. The summed E-state index contributed by atoms with van der Waals surface area (Å²) in [7, 11) is 0. The summed E-state index contributed by atoms with van der Waals surface area (Å²) in [6.07, 6.45) is 0.494. The zero-order valence-corrected chi connectivity index (χ0v) is 17.2. The van der Waals surface area contributed by atoms with Crippen LogP contribution in [0.3, 0.4) is 0 Å². The van der Waals surface area contributed by atoms with Crippen molar-refractivity contribution in [2.75, 3.05) is 0 Å². The molecule has 0 spiro atoms. The van der Waals surface area contributed by atoms with Gasteiger partial charge in [0.15, 0.2) is 0 Å². The topological polar surface area (TPSA) is 95.9 Å². The lowest BCUT2D eigenvalue weighted by Crippen LogP contribution is -2.48. The summed E-state index contributed by atoms with van der Waals surface area (Å²) < 4.78 is 5.78.